The van der Waals surface area contributed by atoms with Crippen molar-refractivity contribution in [3.63, 3.8) is 0 Å². The van der Waals surface area contributed by atoms with Crippen LogP contribution in [0, 0.1) is 0 Å². The Bertz CT molecular complexity index is 375. The highest BCUT2D eigenvalue weighted by Crippen LogP contribution is 2.22. The quantitative estimate of drug-likeness (QED) is 0.781. The molecule has 0 saturated heterocycles. The van der Waals surface area contributed by atoms with Crippen molar-refractivity contribution in [1.82, 2.24) is 4.90 Å². The van der Waals surface area contributed by atoms with Crippen LogP contribution in [0.1, 0.15) is 12.0 Å². The summed E-state index contributed by atoms with van der Waals surface area (Å²) in [7, 11) is 5.11. The van der Waals surface area contributed by atoms with E-state index in [1.165, 1.54) is 0 Å². The molecule has 1 rings (SSSR count). The number of carbonyl (C=O) groups is 1. The van der Waals surface area contributed by atoms with Crippen molar-refractivity contribution in [2.45, 2.75) is 12.8 Å². The third-order valence-corrected chi connectivity index (χ3v) is 2.41. The van der Waals surface area contributed by atoms with E-state index < -0.39 is 0 Å². The SMILES string of the molecule is COc1ccc(N)cc1CCC(=O)N(C)C. The van der Waals surface area contributed by atoms with Gasteiger partial charge in [0.25, 0.3) is 0 Å². The highest BCUT2D eigenvalue weighted by atomic mass is 16.5. The first-order chi connectivity index (χ1) is 7.54. The average molecular weight is 222 g/mol. The van der Waals surface area contributed by atoms with Gasteiger partial charge in [-0.15, -0.1) is 0 Å². The van der Waals surface area contributed by atoms with Gasteiger partial charge in [0, 0.05) is 26.2 Å². The van der Waals surface area contributed by atoms with Gasteiger partial charge in [-0.2, -0.15) is 0 Å². The molecule has 0 atom stereocenters. The van der Waals surface area contributed by atoms with E-state index in [0.29, 0.717) is 18.5 Å². The number of hydrogen-bond acceptors (Lipinski definition) is 3. The monoisotopic (exact) mass is 222 g/mol. The Labute approximate surface area is 96.0 Å². The summed E-state index contributed by atoms with van der Waals surface area (Å²) in [5.41, 5.74) is 7.36. The summed E-state index contributed by atoms with van der Waals surface area (Å²) in [6.07, 6.45) is 1.11. The number of benzene rings is 1. The number of amides is 1. The summed E-state index contributed by atoms with van der Waals surface area (Å²) >= 11 is 0. The molecule has 0 aliphatic rings. The lowest BCUT2D eigenvalue weighted by Crippen LogP contribution is -2.21. The molecule has 0 heterocycles. The molecule has 0 fully saturated rings. The van der Waals surface area contributed by atoms with Gasteiger partial charge in [0.1, 0.15) is 5.75 Å². The van der Waals surface area contributed by atoms with Crippen LogP contribution < -0.4 is 10.5 Å². The van der Waals surface area contributed by atoms with Crippen LogP contribution in [0.2, 0.25) is 0 Å². The maximum absolute atomic E-state index is 11.5. The molecule has 1 aromatic rings. The molecule has 4 heteroatoms. The van der Waals surface area contributed by atoms with E-state index in [4.69, 9.17) is 10.5 Å². The lowest BCUT2D eigenvalue weighted by Gasteiger charge is -2.12. The van der Waals surface area contributed by atoms with E-state index in [9.17, 15) is 4.79 Å². The number of hydrogen-bond donors (Lipinski definition) is 1. The van der Waals surface area contributed by atoms with E-state index in [0.717, 1.165) is 11.3 Å². The van der Waals surface area contributed by atoms with Crippen LogP contribution in [0.5, 0.6) is 5.75 Å². The van der Waals surface area contributed by atoms with Gasteiger partial charge in [-0.25, -0.2) is 0 Å². The highest BCUT2D eigenvalue weighted by molar-refractivity contribution is 5.76. The van der Waals surface area contributed by atoms with Crippen molar-refractivity contribution >= 4 is 11.6 Å². The van der Waals surface area contributed by atoms with Gasteiger partial charge >= 0.3 is 0 Å². The molecule has 1 amide bonds. The molecule has 4 nitrogen and oxygen atoms in total. The minimum atomic E-state index is 0.101. The van der Waals surface area contributed by atoms with Gasteiger partial charge in [0.05, 0.1) is 7.11 Å². The van der Waals surface area contributed by atoms with E-state index in [2.05, 4.69) is 0 Å². The maximum atomic E-state index is 11.5. The predicted molar refractivity (Wildman–Crippen MR) is 64.4 cm³/mol. The third-order valence-electron chi connectivity index (χ3n) is 2.41. The zero-order valence-electron chi connectivity index (χ0n) is 9.99. The van der Waals surface area contributed by atoms with E-state index in [1.54, 1.807) is 32.2 Å². The first kappa shape index (κ1) is 12.4. The Morgan fingerprint density at radius 2 is 2.12 bits per heavy atom. The number of methoxy groups -OCH3 is 1. The zero-order valence-corrected chi connectivity index (χ0v) is 9.99. The molecule has 0 spiro atoms. The van der Waals surface area contributed by atoms with Crippen molar-refractivity contribution in [1.29, 1.82) is 0 Å². The first-order valence-corrected chi connectivity index (χ1v) is 5.17. The Balaban J connectivity index is 2.72. The van der Waals surface area contributed by atoms with Crippen molar-refractivity contribution in [3.05, 3.63) is 23.8 Å². The van der Waals surface area contributed by atoms with Gasteiger partial charge < -0.3 is 15.4 Å². The minimum absolute atomic E-state index is 0.101. The third kappa shape index (κ3) is 3.15. The molecule has 16 heavy (non-hydrogen) atoms. The van der Waals surface area contributed by atoms with Crippen molar-refractivity contribution < 1.29 is 9.53 Å². The summed E-state index contributed by atoms with van der Waals surface area (Å²) in [6.45, 7) is 0. The second-order valence-corrected chi connectivity index (χ2v) is 3.86. The van der Waals surface area contributed by atoms with Gasteiger partial charge in [-0.1, -0.05) is 0 Å². The van der Waals surface area contributed by atoms with E-state index >= 15 is 0 Å². The maximum Gasteiger partial charge on any atom is 0.222 e. The number of nitrogens with two attached hydrogens (primary N) is 1. The van der Waals surface area contributed by atoms with Crippen LogP contribution >= 0.6 is 0 Å². The van der Waals surface area contributed by atoms with Gasteiger partial charge in [-0.3, -0.25) is 4.79 Å². The molecule has 0 unspecified atom stereocenters. The van der Waals surface area contributed by atoms with Gasteiger partial charge in [0.15, 0.2) is 0 Å². The number of ether oxygens (including phenoxy) is 1. The van der Waals surface area contributed by atoms with Gasteiger partial charge in [0.2, 0.25) is 5.91 Å². The van der Waals surface area contributed by atoms with Crippen LogP contribution in [0.25, 0.3) is 0 Å². The van der Waals surface area contributed by atoms with Gasteiger partial charge in [-0.05, 0) is 30.2 Å². The smallest absolute Gasteiger partial charge is 0.222 e. The lowest BCUT2D eigenvalue weighted by atomic mass is 10.1. The minimum Gasteiger partial charge on any atom is -0.496 e. The number of aryl methyl sites for hydroxylation is 1. The fraction of sp³-hybridized carbons (Fsp3) is 0.417. The number of nitrogen functional groups attached to an aromatic ring is 1. The summed E-state index contributed by atoms with van der Waals surface area (Å²) in [5.74, 6) is 0.880. The molecule has 0 aromatic heterocycles. The summed E-state index contributed by atoms with van der Waals surface area (Å²) in [5, 5.41) is 0. The topological polar surface area (TPSA) is 55.6 Å². The highest BCUT2D eigenvalue weighted by Gasteiger charge is 2.08. The zero-order chi connectivity index (χ0) is 12.1. The van der Waals surface area contributed by atoms with Crippen LogP contribution in [-0.2, 0) is 11.2 Å². The molecule has 0 aliphatic carbocycles. The van der Waals surface area contributed by atoms with E-state index in [-0.39, 0.29) is 5.91 Å². The molecule has 88 valence electrons. The Morgan fingerprint density at radius 1 is 1.44 bits per heavy atom. The predicted octanol–water partition coefficient (Wildman–Crippen LogP) is 1.30. The van der Waals surface area contributed by atoms with Crippen LogP contribution in [0.4, 0.5) is 5.69 Å². The molecule has 0 aliphatic heterocycles. The van der Waals surface area contributed by atoms with Crippen LogP contribution in [0.3, 0.4) is 0 Å². The summed E-state index contributed by atoms with van der Waals surface area (Å²) < 4.78 is 5.21. The number of nitrogens with zero attached hydrogens (tertiary/aromatic N) is 1. The van der Waals surface area contributed by atoms with E-state index in [1.807, 2.05) is 12.1 Å². The van der Waals surface area contributed by atoms with Crippen molar-refractivity contribution in [2.24, 2.45) is 0 Å². The molecule has 2 N–H and O–H groups in total. The molecular formula is C12H18N2O2. The fourth-order valence-corrected chi connectivity index (χ4v) is 1.46. The largest absolute Gasteiger partial charge is 0.496 e. The standard InChI is InChI=1S/C12H18N2O2/c1-14(2)12(15)7-4-9-8-10(13)5-6-11(9)16-3/h5-6,8H,4,7,13H2,1-3H3. The second kappa shape index (κ2) is 5.39. The number of carbonyl (C=O) groups excluding carboxylic acids is 1. The number of anilines is 1. The van der Waals surface area contributed by atoms with Crippen molar-refractivity contribution in [2.75, 3.05) is 26.9 Å². The van der Waals surface area contributed by atoms with Crippen LogP contribution in [0.15, 0.2) is 18.2 Å². The molecule has 0 radical (unpaired) electrons. The Hall–Kier alpha value is -1.71. The van der Waals surface area contributed by atoms with Crippen molar-refractivity contribution in [3.8, 4) is 5.75 Å². The van der Waals surface area contributed by atoms with Crippen LogP contribution in [-0.4, -0.2) is 32.0 Å². The molecule has 1 aromatic carbocycles. The summed E-state index contributed by atoms with van der Waals surface area (Å²) in [6, 6.07) is 5.46. The average Bonchev–Trinajstić information content (AvgIpc) is 2.25. The Morgan fingerprint density at radius 3 is 2.69 bits per heavy atom. The lowest BCUT2D eigenvalue weighted by molar-refractivity contribution is -0.128. The molecular weight excluding hydrogens is 204 g/mol. The first-order valence-electron chi connectivity index (χ1n) is 5.17. The summed E-state index contributed by atoms with van der Waals surface area (Å²) in [4.78, 5) is 13.0. The molecule has 0 saturated carbocycles. The molecule has 0 bridgehead atoms. The normalized spacial score (nSPS) is 9.94. The second-order valence-electron chi connectivity index (χ2n) is 3.86. The Kier molecular flexibility index (Phi) is 4.17. The fourth-order valence-electron chi connectivity index (χ4n) is 1.46. The number of rotatable bonds is 4.